The fourth-order valence-corrected chi connectivity index (χ4v) is 6.18. The zero-order valence-corrected chi connectivity index (χ0v) is 25.4. The van der Waals surface area contributed by atoms with Crippen molar-refractivity contribution in [2.45, 2.75) is 29.3 Å². The highest BCUT2D eigenvalue weighted by Gasteiger charge is 2.64. The molecule has 44 heavy (non-hydrogen) atoms. The minimum atomic E-state index is -2.68. The van der Waals surface area contributed by atoms with Crippen molar-refractivity contribution in [2.24, 2.45) is 0 Å². The summed E-state index contributed by atoms with van der Waals surface area (Å²) in [5.41, 5.74) is -1.33. The molecular formula is C32H26F2IN5O4. The topological polar surface area (TPSA) is 115 Å². The smallest absolute Gasteiger partial charge is 0.312 e. The van der Waals surface area contributed by atoms with Crippen LogP contribution in [0.5, 0.6) is 5.75 Å². The van der Waals surface area contributed by atoms with E-state index in [9.17, 15) is 10.2 Å². The summed E-state index contributed by atoms with van der Waals surface area (Å²) in [6.45, 7) is 0. The second kappa shape index (κ2) is 11.4. The summed E-state index contributed by atoms with van der Waals surface area (Å²) in [5, 5.41) is 25.3. The monoisotopic (exact) mass is 709 g/mol. The van der Waals surface area contributed by atoms with Crippen molar-refractivity contribution in [3.63, 3.8) is 0 Å². The molecule has 9 nitrogen and oxygen atoms in total. The van der Waals surface area contributed by atoms with E-state index in [1.807, 2.05) is 90.8 Å². The number of alkyl halides is 2. The summed E-state index contributed by atoms with van der Waals surface area (Å²) < 4.78 is 42.4. The van der Waals surface area contributed by atoms with E-state index in [2.05, 4.69) is 20.3 Å². The standard InChI is InChI=1S/C32H26F2IN5O4/c1-3-30(42)27(41)31(34,18-35)44-28(30)40-19-36-24-25(37-29(33)38-26(24)40)39-32(20-10-6-4-7-11-20,21-12-8-5-9-13-21)22-14-16-23(43-2)17-15-22/h1,4-17,19,27-28,41-42H,18H2,2H3,(H,37,38,39)/t27-,28+,30+,31+/m0/s1. The molecule has 1 saturated heterocycles. The molecular weight excluding hydrogens is 683 g/mol. The number of hydrogen-bond donors (Lipinski definition) is 3. The number of aromatic nitrogens is 4. The van der Waals surface area contributed by atoms with Crippen LogP contribution in [0.1, 0.15) is 22.9 Å². The zero-order valence-electron chi connectivity index (χ0n) is 23.2. The Balaban J connectivity index is 1.57. The van der Waals surface area contributed by atoms with Crippen LogP contribution in [-0.2, 0) is 10.3 Å². The third-order valence-corrected chi connectivity index (χ3v) is 8.85. The van der Waals surface area contributed by atoms with Crippen LogP contribution >= 0.6 is 22.6 Å². The average Bonchev–Trinajstić information content (AvgIpc) is 3.57. The molecule has 0 aliphatic carbocycles. The summed E-state index contributed by atoms with van der Waals surface area (Å²) in [5.74, 6) is 0.0133. The molecule has 5 aromatic rings. The van der Waals surface area contributed by atoms with Crippen LogP contribution in [0, 0.1) is 18.4 Å². The van der Waals surface area contributed by atoms with Gasteiger partial charge in [-0.05, 0) is 28.8 Å². The number of methoxy groups -OCH3 is 1. The van der Waals surface area contributed by atoms with Crippen LogP contribution in [0.2, 0.25) is 0 Å². The van der Waals surface area contributed by atoms with Gasteiger partial charge in [-0.2, -0.15) is 14.4 Å². The third kappa shape index (κ3) is 4.67. The van der Waals surface area contributed by atoms with Crippen LogP contribution in [0.3, 0.4) is 0 Å². The number of ether oxygens (including phenoxy) is 2. The van der Waals surface area contributed by atoms with Gasteiger partial charge >= 0.3 is 6.08 Å². The number of benzene rings is 3. The average molecular weight is 709 g/mol. The van der Waals surface area contributed by atoms with E-state index in [0.717, 1.165) is 21.3 Å². The second-order valence-electron chi connectivity index (χ2n) is 10.3. The van der Waals surface area contributed by atoms with E-state index in [-0.39, 0.29) is 21.4 Å². The maximum atomic E-state index is 15.5. The Kier molecular flexibility index (Phi) is 7.75. The SMILES string of the molecule is C#C[C@]1(O)[C@H](n2cnc3c(NC(c4ccccc4)(c4ccccc4)c4ccc(OC)cc4)nc(F)nc32)O[C@](F)(CI)[C@H]1O. The zero-order chi connectivity index (χ0) is 31.1. The van der Waals surface area contributed by atoms with E-state index in [1.165, 1.54) is 6.33 Å². The van der Waals surface area contributed by atoms with Crippen molar-refractivity contribution in [1.29, 1.82) is 0 Å². The number of hydrogen-bond acceptors (Lipinski definition) is 8. The molecule has 0 unspecified atom stereocenters. The molecule has 6 rings (SSSR count). The maximum absolute atomic E-state index is 15.5. The number of rotatable bonds is 8. The highest BCUT2D eigenvalue weighted by molar-refractivity contribution is 14.1. The summed E-state index contributed by atoms with van der Waals surface area (Å²) in [7, 11) is 1.58. The van der Waals surface area contributed by atoms with Gasteiger partial charge in [0.2, 0.25) is 11.5 Å². The van der Waals surface area contributed by atoms with Crippen molar-refractivity contribution in [1.82, 2.24) is 19.5 Å². The third-order valence-electron chi connectivity index (χ3n) is 7.81. The van der Waals surface area contributed by atoms with E-state index >= 15 is 8.78 Å². The summed E-state index contributed by atoms with van der Waals surface area (Å²) >= 11 is 1.68. The van der Waals surface area contributed by atoms with Gasteiger partial charge in [-0.3, -0.25) is 4.57 Å². The second-order valence-corrected chi connectivity index (χ2v) is 11.0. The van der Waals surface area contributed by atoms with Gasteiger partial charge in [-0.15, -0.1) is 6.42 Å². The van der Waals surface area contributed by atoms with E-state index in [1.54, 1.807) is 29.7 Å². The highest BCUT2D eigenvalue weighted by Crippen LogP contribution is 2.47. The first-order chi connectivity index (χ1) is 21.2. The number of anilines is 1. The molecule has 12 heteroatoms. The molecule has 3 aromatic carbocycles. The van der Waals surface area contributed by atoms with Crippen molar-refractivity contribution in [3.05, 3.63) is 114 Å². The number of imidazole rings is 1. The van der Waals surface area contributed by atoms with Gasteiger partial charge in [0.15, 0.2) is 29.3 Å². The first-order valence-corrected chi connectivity index (χ1v) is 15.0. The normalized spacial score (nSPS) is 23.4. The molecule has 3 N–H and O–H groups in total. The Morgan fingerprint density at radius 1 is 1.05 bits per heavy atom. The Labute approximate surface area is 265 Å². The van der Waals surface area contributed by atoms with Gasteiger partial charge in [-0.25, -0.2) is 9.37 Å². The molecule has 0 saturated carbocycles. The Morgan fingerprint density at radius 2 is 1.64 bits per heavy atom. The lowest BCUT2D eigenvalue weighted by molar-refractivity contribution is -0.167. The molecule has 1 aliphatic heterocycles. The van der Waals surface area contributed by atoms with Crippen LogP contribution in [-0.4, -0.2) is 58.8 Å². The minimum absolute atomic E-state index is 0.00188. The molecule has 224 valence electrons. The summed E-state index contributed by atoms with van der Waals surface area (Å²) in [6.07, 6.45) is 1.84. The first kappa shape index (κ1) is 29.9. The van der Waals surface area contributed by atoms with Gasteiger partial charge in [0.1, 0.15) is 11.3 Å². The Morgan fingerprint density at radius 3 is 2.18 bits per heavy atom. The molecule has 0 bridgehead atoms. The van der Waals surface area contributed by atoms with Crippen molar-refractivity contribution < 1.29 is 28.5 Å². The van der Waals surface area contributed by atoms with Crippen LogP contribution in [0.15, 0.2) is 91.3 Å². The molecule has 0 spiro atoms. The predicted octanol–water partition coefficient (Wildman–Crippen LogP) is 4.73. The van der Waals surface area contributed by atoms with Crippen LogP contribution in [0.4, 0.5) is 14.6 Å². The Bertz CT molecular complexity index is 1800. The summed E-state index contributed by atoms with van der Waals surface area (Å²) in [6, 6.07) is 26.5. The highest BCUT2D eigenvalue weighted by atomic mass is 127. The number of aliphatic hydroxyl groups excluding tert-OH is 1. The van der Waals surface area contributed by atoms with Crippen molar-refractivity contribution in [3.8, 4) is 18.1 Å². The van der Waals surface area contributed by atoms with E-state index < -0.39 is 35.4 Å². The largest absolute Gasteiger partial charge is 0.497 e. The number of fused-ring (bicyclic) bond motifs is 1. The predicted molar refractivity (Wildman–Crippen MR) is 167 cm³/mol. The van der Waals surface area contributed by atoms with Crippen LogP contribution < -0.4 is 10.1 Å². The lowest BCUT2D eigenvalue weighted by Crippen LogP contribution is -2.49. The van der Waals surface area contributed by atoms with Crippen molar-refractivity contribution in [2.75, 3.05) is 16.9 Å². The van der Waals surface area contributed by atoms with E-state index in [4.69, 9.17) is 15.9 Å². The Hall–Kier alpha value is -4.16. The van der Waals surface area contributed by atoms with Crippen LogP contribution in [0.25, 0.3) is 11.2 Å². The minimum Gasteiger partial charge on any atom is -0.497 e. The maximum Gasteiger partial charge on any atom is 0.312 e. The number of terminal acetylenes is 1. The van der Waals surface area contributed by atoms with Crippen molar-refractivity contribution >= 4 is 39.6 Å². The number of nitrogens with one attached hydrogen (secondary N) is 1. The van der Waals surface area contributed by atoms with Gasteiger partial charge in [0, 0.05) is 0 Å². The number of aliphatic hydroxyl groups is 2. The van der Waals surface area contributed by atoms with Gasteiger partial charge in [-0.1, -0.05) is 101 Å². The van der Waals surface area contributed by atoms with Gasteiger partial charge < -0.3 is 25.0 Å². The fourth-order valence-electron chi connectivity index (χ4n) is 5.59. The van der Waals surface area contributed by atoms with Gasteiger partial charge in [0.05, 0.1) is 17.9 Å². The lowest BCUT2D eigenvalue weighted by atomic mass is 9.77. The lowest BCUT2D eigenvalue weighted by Gasteiger charge is -2.37. The molecule has 0 amide bonds. The quantitative estimate of drug-likeness (QED) is 0.0697. The van der Waals surface area contributed by atoms with E-state index in [0.29, 0.717) is 5.75 Å². The number of nitrogens with zero attached hydrogens (tertiary/aromatic N) is 4. The van der Waals surface area contributed by atoms with Gasteiger partial charge in [0.25, 0.3) is 0 Å². The number of halogens is 3. The molecule has 1 aliphatic rings. The molecule has 4 atom stereocenters. The molecule has 1 fully saturated rings. The molecule has 2 aromatic heterocycles. The molecule has 0 radical (unpaired) electrons. The first-order valence-electron chi connectivity index (χ1n) is 13.4. The summed E-state index contributed by atoms with van der Waals surface area (Å²) in [4.78, 5) is 12.4. The molecule has 3 heterocycles. The fraction of sp³-hybridized carbons (Fsp3) is 0.219.